The molecule has 90 valence electrons. The van der Waals surface area contributed by atoms with Crippen molar-refractivity contribution in [2.75, 3.05) is 0 Å². The van der Waals surface area contributed by atoms with Crippen LogP contribution in [0, 0.1) is 0 Å². The molecule has 0 aliphatic rings. The third-order valence-electron chi connectivity index (χ3n) is 1.49. The molecule has 0 aliphatic heterocycles. The number of aliphatic carboxylic acids is 1. The number of hydrogen-bond acceptors (Lipinski definition) is 2. The quantitative estimate of drug-likeness (QED) is 0.904. The summed E-state index contributed by atoms with van der Waals surface area (Å²) in [6, 6.07) is 4.87. The van der Waals surface area contributed by atoms with Crippen molar-refractivity contribution in [3.8, 4) is 5.75 Å². The SMILES string of the molecule is Cl.O=C(O)Cc1cccc(OC(F)(F)F)c1. The second-order valence-corrected chi connectivity index (χ2v) is 2.77. The lowest BCUT2D eigenvalue weighted by molar-refractivity contribution is -0.274. The average molecular weight is 257 g/mol. The fourth-order valence-corrected chi connectivity index (χ4v) is 1.03. The summed E-state index contributed by atoms with van der Waals surface area (Å²) >= 11 is 0. The van der Waals surface area contributed by atoms with Gasteiger partial charge in [0.2, 0.25) is 0 Å². The molecule has 1 N–H and O–H groups in total. The lowest BCUT2D eigenvalue weighted by atomic mass is 10.1. The molecule has 0 amide bonds. The molecule has 0 fully saturated rings. The first-order valence-electron chi connectivity index (χ1n) is 3.93. The van der Waals surface area contributed by atoms with Crippen molar-refractivity contribution in [1.29, 1.82) is 0 Å². The first kappa shape index (κ1) is 14.6. The van der Waals surface area contributed by atoms with Crippen LogP contribution in [0.1, 0.15) is 5.56 Å². The lowest BCUT2D eigenvalue weighted by Gasteiger charge is -2.09. The maximum Gasteiger partial charge on any atom is 0.573 e. The first-order chi connectivity index (χ1) is 6.87. The standard InChI is InChI=1S/C9H7F3O3.ClH/c10-9(11,12)15-7-3-1-2-6(4-7)5-8(13)14;/h1-4H,5H2,(H,13,14);1H. The molecule has 16 heavy (non-hydrogen) atoms. The average Bonchev–Trinajstić information content (AvgIpc) is 1.99. The van der Waals surface area contributed by atoms with Crippen molar-refractivity contribution >= 4 is 18.4 Å². The van der Waals surface area contributed by atoms with Crippen LogP contribution in [0.15, 0.2) is 24.3 Å². The molecule has 1 aromatic rings. The Balaban J connectivity index is 0.00000225. The van der Waals surface area contributed by atoms with Crippen molar-refractivity contribution in [3.05, 3.63) is 29.8 Å². The molecule has 0 aromatic heterocycles. The number of hydrogen-bond donors (Lipinski definition) is 1. The predicted molar refractivity (Wildman–Crippen MR) is 51.7 cm³/mol. The summed E-state index contributed by atoms with van der Waals surface area (Å²) in [5.74, 6) is -1.53. The van der Waals surface area contributed by atoms with Crippen LogP contribution in [0.5, 0.6) is 5.75 Å². The van der Waals surface area contributed by atoms with E-state index < -0.39 is 18.1 Å². The second-order valence-electron chi connectivity index (χ2n) is 2.77. The van der Waals surface area contributed by atoms with E-state index in [1.165, 1.54) is 12.1 Å². The Hall–Kier alpha value is -1.43. The van der Waals surface area contributed by atoms with Gasteiger partial charge in [-0.25, -0.2) is 0 Å². The van der Waals surface area contributed by atoms with Crippen LogP contribution in [-0.4, -0.2) is 17.4 Å². The van der Waals surface area contributed by atoms with E-state index in [4.69, 9.17) is 5.11 Å². The van der Waals surface area contributed by atoms with Gasteiger partial charge in [-0.05, 0) is 17.7 Å². The van der Waals surface area contributed by atoms with Crippen LogP contribution in [0.3, 0.4) is 0 Å². The van der Waals surface area contributed by atoms with E-state index in [2.05, 4.69) is 4.74 Å². The summed E-state index contributed by atoms with van der Waals surface area (Å²) in [5, 5.41) is 8.43. The molecule has 0 unspecified atom stereocenters. The van der Waals surface area contributed by atoms with Gasteiger partial charge < -0.3 is 9.84 Å². The highest BCUT2D eigenvalue weighted by Crippen LogP contribution is 2.23. The highest BCUT2D eigenvalue weighted by atomic mass is 35.5. The van der Waals surface area contributed by atoms with Crippen molar-refractivity contribution in [1.82, 2.24) is 0 Å². The van der Waals surface area contributed by atoms with Crippen LogP contribution in [0.4, 0.5) is 13.2 Å². The summed E-state index contributed by atoms with van der Waals surface area (Å²) in [7, 11) is 0. The van der Waals surface area contributed by atoms with Gasteiger partial charge >= 0.3 is 12.3 Å². The van der Waals surface area contributed by atoms with E-state index >= 15 is 0 Å². The molecule has 0 bridgehead atoms. The number of carboxylic acids is 1. The van der Waals surface area contributed by atoms with Crippen LogP contribution in [-0.2, 0) is 11.2 Å². The Kier molecular flexibility index (Phi) is 5.10. The molecule has 7 heteroatoms. The minimum Gasteiger partial charge on any atom is -0.481 e. The number of ether oxygens (including phenoxy) is 1. The molecule has 0 saturated heterocycles. The molecule has 1 rings (SSSR count). The first-order valence-corrected chi connectivity index (χ1v) is 3.93. The Morgan fingerprint density at radius 3 is 2.50 bits per heavy atom. The Morgan fingerprint density at radius 2 is 2.00 bits per heavy atom. The zero-order chi connectivity index (χ0) is 11.5. The van der Waals surface area contributed by atoms with E-state index in [9.17, 15) is 18.0 Å². The fourth-order valence-electron chi connectivity index (χ4n) is 1.03. The summed E-state index contributed by atoms with van der Waals surface area (Å²) in [5.41, 5.74) is 0.254. The minimum atomic E-state index is -4.76. The normalized spacial score (nSPS) is 10.4. The number of halogens is 4. The Labute approximate surface area is 95.2 Å². The van der Waals surface area contributed by atoms with Gasteiger partial charge in [0.25, 0.3) is 0 Å². The molecule has 0 saturated carbocycles. The Bertz CT molecular complexity index is 365. The van der Waals surface area contributed by atoms with Gasteiger partial charge in [0, 0.05) is 0 Å². The lowest BCUT2D eigenvalue weighted by Crippen LogP contribution is -2.17. The van der Waals surface area contributed by atoms with Gasteiger partial charge in [-0.15, -0.1) is 25.6 Å². The molecule has 0 heterocycles. The van der Waals surface area contributed by atoms with Gasteiger partial charge in [-0.1, -0.05) is 12.1 Å². The van der Waals surface area contributed by atoms with Crippen LogP contribution in [0.25, 0.3) is 0 Å². The molecule has 0 aliphatic carbocycles. The zero-order valence-corrected chi connectivity index (χ0v) is 8.64. The molecule has 0 radical (unpaired) electrons. The number of carboxylic acid groups (broad SMARTS) is 1. The highest BCUT2D eigenvalue weighted by molar-refractivity contribution is 5.85. The van der Waals surface area contributed by atoms with E-state index in [0.717, 1.165) is 12.1 Å². The fraction of sp³-hybridized carbons (Fsp3) is 0.222. The van der Waals surface area contributed by atoms with Gasteiger partial charge in [0.15, 0.2) is 0 Å². The van der Waals surface area contributed by atoms with Crippen molar-refractivity contribution in [3.63, 3.8) is 0 Å². The van der Waals surface area contributed by atoms with Gasteiger partial charge in [0.05, 0.1) is 6.42 Å². The van der Waals surface area contributed by atoms with Gasteiger partial charge in [-0.2, -0.15) is 0 Å². The van der Waals surface area contributed by atoms with Crippen molar-refractivity contribution in [2.45, 2.75) is 12.8 Å². The highest BCUT2D eigenvalue weighted by Gasteiger charge is 2.31. The second kappa shape index (κ2) is 5.60. The number of alkyl halides is 3. The molecular weight excluding hydrogens is 249 g/mol. The van der Waals surface area contributed by atoms with Crippen LogP contribution >= 0.6 is 12.4 Å². The van der Waals surface area contributed by atoms with Crippen LogP contribution < -0.4 is 4.74 Å². The topological polar surface area (TPSA) is 46.5 Å². The van der Waals surface area contributed by atoms with Crippen molar-refractivity contribution in [2.24, 2.45) is 0 Å². The smallest absolute Gasteiger partial charge is 0.481 e. The molecular formula is C9H8ClF3O3. The zero-order valence-electron chi connectivity index (χ0n) is 7.82. The molecule has 1 aromatic carbocycles. The largest absolute Gasteiger partial charge is 0.573 e. The van der Waals surface area contributed by atoms with Gasteiger partial charge in [-0.3, -0.25) is 4.79 Å². The summed E-state index contributed by atoms with van der Waals surface area (Å²) in [4.78, 5) is 10.3. The molecule has 0 atom stereocenters. The number of benzene rings is 1. The van der Waals surface area contributed by atoms with E-state index in [1.54, 1.807) is 0 Å². The summed E-state index contributed by atoms with van der Waals surface area (Å²) in [6.45, 7) is 0. The third kappa shape index (κ3) is 5.45. The monoisotopic (exact) mass is 256 g/mol. The maximum absolute atomic E-state index is 11.8. The Morgan fingerprint density at radius 1 is 1.38 bits per heavy atom. The van der Waals surface area contributed by atoms with Gasteiger partial charge in [0.1, 0.15) is 5.75 Å². The van der Waals surface area contributed by atoms with E-state index in [1.807, 2.05) is 0 Å². The van der Waals surface area contributed by atoms with Crippen LogP contribution in [0.2, 0.25) is 0 Å². The summed E-state index contributed by atoms with van der Waals surface area (Å²) < 4.78 is 39.0. The van der Waals surface area contributed by atoms with E-state index in [-0.39, 0.29) is 24.4 Å². The minimum absolute atomic E-state index is 0. The molecule has 3 nitrogen and oxygen atoms in total. The van der Waals surface area contributed by atoms with E-state index in [0.29, 0.717) is 0 Å². The maximum atomic E-state index is 11.8. The van der Waals surface area contributed by atoms with Crippen molar-refractivity contribution < 1.29 is 27.8 Å². The molecule has 0 spiro atoms. The number of carbonyl (C=O) groups is 1. The predicted octanol–water partition coefficient (Wildman–Crippen LogP) is 2.63. The third-order valence-corrected chi connectivity index (χ3v) is 1.49. The number of rotatable bonds is 3. The summed E-state index contributed by atoms with van der Waals surface area (Å²) in [6.07, 6.45) is -5.10.